The molecule has 0 saturated heterocycles. The van der Waals surface area contributed by atoms with Gasteiger partial charge in [0, 0.05) is 0 Å². The lowest BCUT2D eigenvalue weighted by molar-refractivity contribution is 0.0372. The molecule has 0 aliphatic rings. The Bertz CT molecular complexity index is 655. The summed E-state index contributed by atoms with van der Waals surface area (Å²) >= 11 is 11.8. The van der Waals surface area contributed by atoms with Crippen molar-refractivity contribution in [2.24, 2.45) is 0 Å². The first-order chi connectivity index (χ1) is 9.40. The van der Waals surface area contributed by atoms with Gasteiger partial charge in [-0.15, -0.1) is 5.10 Å². The molecule has 2 rings (SSSR count). The van der Waals surface area contributed by atoms with Crippen molar-refractivity contribution < 1.29 is 9.53 Å². The van der Waals surface area contributed by atoms with E-state index in [9.17, 15) is 4.79 Å². The number of hydrogen-bond donors (Lipinski definition) is 1. The van der Waals surface area contributed by atoms with E-state index in [2.05, 4.69) is 10.3 Å². The van der Waals surface area contributed by atoms with Gasteiger partial charge in [-0.1, -0.05) is 28.4 Å². The van der Waals surface area contributed by atoms with Crippen molar-refractivity contribution in [1.29, 1.82) is 0 Å². The van der Waals surface area contributed by atoms with Gasteiger partial charge >= 0.3 is 5.97 Å². The van der Waals surface area contributed by atoms with Crippen LogP contribution in [0.3, 0.4) is 0 Å². The molecule has 0 unspecified atom stereocenters. The van der Waals surface area contributed by atoms with Gasteiger partial charge in [-0.2, -0.15) is 4.68 Å². The average molecular weight is 315 g/mol. The summed E-state index contributed by atoms with van der Waals surface area (Å²) in [6.07, 6.45) is -0.267. The number of esters is 1. The number of nitrogens with zero attached hydrogens (tertiary/aromatic N) is 3. The van der Waals surface area contributed by atoms with E-state index in [0.29, 0.717) is 15.7 Å². The summed E-state index contributed by atoms with van der Waals surface area (Å²) in [5, 5.41) is 8.32. The van der Waals surface area contributed by atoms with Crippen LogP contribution in [0.2, 0.25) is 10.0 Å². The Hall–Kier alpha value is -1.79. The topological polar surface area (TPSA) is 83.0 Å². The summed E-state index contributed by atoms with van der Waals surface area (Å²) < 4.78 is 6.32. The van der Waals surface area contributed by atoms with Crippen molar-refractivity contribution in [3.63, 3.8) is 0 Å². The fraction of sp³-hybridized carbons (Fsp3) is 0.250. The summed E-state index contributed by atoms with van der Waals surface area (Å²) in [6, 6.07) is 4.84. The number of ether oxygens (including phenoxy) is 1. The average Bonchev–Trinajstić information content (AvgIpc) is 2.74. The molecular formula is C12H12Cl2N4O2. The number of aromatic nitrogens is 3. The molecule has 0 aliphatic carbocycles. The third-order valence-corrected chi connectivity index (χ3v) is 3.13. The highest BCUT2D eigenvalue weighted by molar-refractivity contribution is 6.42. The van der Waals surface area contributed by atoms with Crippen molar-refractivity contribution in [2.75, 3.05) is 5.73 Å². The molecule has 1 aromatic heterocycles. The lowest BCUT2D eigenvalue weighted by Crippen LogP contribution is -2.14. The number of benzene rings is 1. The van der Waals surface area contributed by atoms with Gasteiger partial charge in [0.1, 0.15) is 0 Å². The molecule has 0 bridgehead atoms. The molecule has 6 nitrogen and oxygen atoms in total. The lowest BCUT2D eigenvalue weighted by Gasteiger charge is -2.07. The third-order valence-electron chi connectivity index (χ3n) is 2.39. The molecule has 2 N–H and O–H groups in total. The molecular weight excluding hydrogens is 303 g/mol. The van der Waals surface area contributed by atoms with Crippen LogP contribution in [0.25, 0.3) is 5.69 Å². The van der Waals surface area contributed by atoms with E-state index in [1.165, 1.54) is 4.68 Å². The second kappa shape index (κ2) is 5.68. The Labute approximate surface area is 125 Å². The number of nitrogen functional groups attached to an aromatic ring is 1. The second-order valence-electron chi connectivity index (χ2n) is 4.29. The van der Waals surface area contributed by atoms with Crippen LogP contribution in [0, 0.1) is 0 Å². The van der Waals surface area contributed by atoms with Gasteiger partial charge < -0.3 is 10.5 Å². The maximum Gasteiger partial charge on any atom is 0.363 e. The molecule has 1 heterocycles. The number of anilines is 1. The van der Waals surface area contributed by atoms with Crippen LogP contribution in [0.4, 0.5) is 5.82 Å². The van der Waals surface area contributed by atoms with E-state index in [1.54, 1.807) is 32.0 Å². The zero-order chi connectivity index (χ0) is 14.9. The minimum atomic E-state index is -0.621. The van der Waals surface area contributed by atoms with Crippen LogP contribution in [0.5, 0.6) is 0 Å². The Morgan fingerprint density at radius 1 is 1.35 bits per heavy atom. The largest absolute Gasteiger partial charge is 0.458 e. The molecule has 2 aromatic rings. The van der Waals surface area contributed by atoms with E-state index in [4.69, 9.17) is 33.7 Å². The van der Waals surface area contributed by atoms with Crippen molar-refractivity contribution in [3.8, 4) is 5.69 Å². The quantitative estimate of drug-likeness (QED) is 0.881. The molecule has 0 radical (unpaired) electrons. The summed E-state index contributed by atoms with van der Waals surface area (Å²) in [4.78, 5) is 11.8. The minimum absolute atomic E-state index is 0.0372. The Morgan fingerprint density at radius 2 is 2.05 bits per heavy atom. The third kappa shape index (κ3) is 2.86. The fourth-order valence-corrected chi connectivity index (χ4v) is 1.80. The van der Waals surface area contributed by atoms with Gasteiger partial charge in [0.05, 0.1) is 21.8 Å². The summed E-state index contributed by atoms with van der Waals surface area (Å²) in [6.45, 7) is 3.47. The Kier molecular flexibility index (Phi) is 4.15. The van der Waals surface area contributed by atoms with E-state index < -0.39 is 5.97 Å². The predicted molar refractivity (Wildman–Crippen MR) is 76.3 cm³/mol. The normalized spacial score (nSPS) is 10.8. The van der Waals surface area contributed by atoms with Crippen molar-refractivity contribution in [2.45, 2.75) is 20.0 Å². The summed E-state index contributed by atoms with van der Waals surface area (Å²) in [5.74, 6) is -0.544. The van der Waals surface area contributed by atoms with Gasteiger partial charge in [0.2, 0.25) is 5.69 Å². The molecule has 0 amide bonds. The van der Waals surface area contributed by atoms with E-state index in [-0.39, 0.29) is 17.6 Å². The van der Waals surface area contributed by atoms with Crippen LogP contribution >= 0.6 is 23.2 Å². The number of hydrogen-bond acceptors (Lipinski definition) is 5. The number of carbonyl (C=O) groups excluding carboxylic acids is 1. The predicted octanol–water partition coefficient (Wildman–Crippen LogP) is 2.72. The van der Waals surface area contributed by atoms with Gasteiger partial charge in [-0.05, 0) is 32.0 Å². The van der Waals surface area contributed by atoms with Gasteiger partial charge in [0.15, 0.2) is 5.82 Å². The zero-order valence-electron chi connectivity index (χ0n) is 10.8. The van der Waals surface area contributed by atoms with Crippen molar-refractivity contribution >= 4 is 35.0 Å². The number of nitrogens with two attached hydrogens (primary N) is 1. The highest BCUT2D eigenvalue weighted by Gasteiger charge is 2.20. The highest BCUT2D eigenvalue weighted by atomic mass is 35.5. The molecule has 20 heavy (non-hydrogen) atoms. The lowest BCUT2D eigenvalue weighted by atomic mass is 10.3. The molecule has 0 saturated carbocycles. The van der Waals surface area contributed by atoms with Crippen LogP contribution in [-0.4, -0.2) is 27.1 Å². The van der Waals surface area contributed by atoms with Crippen molar-refractivity contribution in [3.05, 3.63) is 33.9 Å². The molecule has 0 spiro atoms. The van der Waals surface area contributed by atoms with Crippen LogP contribution < -0.4 is 5.73 Å². The van der Waals surface area contributed by atoms with Crippen LogP contribution in [0.1, 0.15) is 24.3 Å². The molecule has 106 valence electrons. The summed E-state index contributed by atoms with van der Waals surface area (Å²) in [7, 11) is 0. The number of halogens is 2. The van der Waals surface area contributed by atoms with Crippen molar-refractivity contribution in [1.82, 2.24) is 15.0 Å². The zero-order valence-corrected chi connectivity index (χ0v) is 12.3. The highest BCUT2D eigenvalue weighted by Crippen LogP contribution is 2.25. The van der Waals surface area contributed by atoms with Gasteiger partial charge in [-0.25, -0.2) is 4.79 Å². The first-order valence-corrected chi connectivity index (χ1v) is 6.53. The number of rotatable bonds is 3. The molecule has 0 atom stereocenters. The van der Waals surface area contributed by atoms with E-state index >= 15 is 0 Å². The first-order valence-electron chi connectivity index (χ1n) is 5.77. The smallest absolute Gasteiger partial charge is 0.363 e. The van der Waals surface area contributed by atoms with Gasteiger partial charge in [0.25, 0.3) is 0 Å². The summed E-state index contributed by atoms with van der Waals surface area (Å²) in [5.41, 5.74) is 6.37. The maximum absolute atomic E-state index is 11.8. The minimum Gasteiger partial charge on any atom is -0.458 e. The van der Waals surface area contributed by atoms with Crippen LogP contribution in [0.15, 0.2) is 18.2 Å². The van der Waals surface area contributed by atoms with E-state index in [1.807, 2.05) is 0 Å². The second-order valence-corrected chi connectivity index (χ2v) is 5.10. The number of carbonyl (C=O) groups is 1. The van der Waals surface area contributed by atoms with Gasteiger partial charge in [-0.3, -0.25) is 0 Å². The van der Waals surface area contributed by atoms with Crippen LogP contribution in [-0.2, 0) is 4.74 Å². The maximum atomic E-state index is 11.8. The Morgan fingerprint density at radius 3 is 2.65 bits per heavy atom. The first kappa shape index (κ1) is 14.6. The molecule has 0 fully saturated rings. The molecule has 1 aromatic carbocycles. The fourth-order valence-electron chi connectivity index (χ4n) is 1.51. The molecule has 0 aliphatic heterocycles. The monoisotopic (exact) mass is 314 g/mol. The SMILES string of the molecule is CC(C)OC(=O)c1nnn(-c2ccc(Cl)c(Cl)c2)c1N. The van der Waals surface area contributed by atoms with E-state index in [0.717, 1.165) is 0 Å². The Balaban J connectivity index is 2.37. The molecule has 8 heteroatoms. The standard InChI is InChI=1S/C12H12Cl2N4O2/c1-6(2)20-12(19)10-11(15)18(17-16-10)7-3-4-8(13)9(14)5-7/h3-6H,15H2,1-2H3.